The van der Waals surface area contributed by atoms with E-state index in [4.69, 9.17) is 16.3 Å². The highest BCUT2D eigenvalue weighted by Crippen LogP contribution is 2.40. The summed E-state index contributed by atoms with van der Waals surface area (Å²) in [6, 6.07) is 13.9. The van der Waals surface area contributed by atoms with Gasteiger partial charge in [0.1, 0.15) is 4.88 Å². The summed E-state index contributed by atoms with van der Waals surface area (Å²) in [6.45, 7) is 2.44. The number of carbonyl (C=O) groups excluding carboxylic acids is 1. The Kier molecular flexibility index (Phi) is 8.77. The molecule has 4 atom stereocenters. The van der Waals surface area contributed by atoms with Crippen molar-refractivity contribution in [2.24, 2.45) is 11.8 Å². The number of carbonyl (C=O) groups is 1. The standard InChI is InChI=1S/C25H29ClO3S/c1-2-16-29-25(28)24-15-14-19(30-24)11-7-12-20-21(23(27)17-22(20)26)13-6-10-18-8-4-3-5-9-18/h3-5,8-10,13-15,20-23,27H,2,7,11-12,16-17H2,1H3/t6?,20-,21-,22-,23-/m1/s1. The van der Waals surface area contributed by atoms with E-state index in [1.54, 1.807) is 0 Å². The van der Waals surface area contributed by atoms with Crippen molar-refractivity contribution in [2.75, 3.05) is 6.61 Å². The lowest BCUT2D eigenvalue weighted by Gasteiger charge is -2.19. The zero-order chi connectivity index (χ0) is 21.3. The molecule has 1 fully saturated rings. The minimum Gasteiger partial charge on any atom is -0.462 e. The molecule has 1 saturated carbocycles. The van der Waals surface area contributed by atoms with Crippen molar-refractivity contribution in [3.05, 3.63) is 69.6 Å². The topological polar surface area (TPSA) is 46.5 Å². The van der Waals surface area contributed by atoms with Gasteiger partial charge < -0.3 is 9.84 Å². The van der Waals surface area contributed by atoms with Crippen LogP contribution in [0.25, 0.3) is 6.08 Å². The molecule has 1 aromatic carbocycles. The van der Waals surface area contributed by atoms with Gasteiger partial charge in [0.2, 0.25) is 0 Å². The number of alkyl halides is 1. The lowest BCUT2D eigenvalue weighted by Crippen LogP contribution is -2.18. The number of ether oxygens (including phenoxy) is 1. The number of esters is 1. The Labute approximate surface area is 188 Å². The molecule has 1 aromatic heterocycles. The Hall–Kier alpha value is -1.84. The van der Waals surface area contributed by atoms with E-state index in [0.29, 0.717) is 17.9 Å². The average molecular weight is 445 g/mol. The molecular formula is C25H29ClO3S. The second-order valence-corrected chi connectivity index (χ2v) is 9.47. The summed E-state index contributed by atoms with van der Waals surface area (Å²) in [5.74, 6) is 0.0194. The van der Waals surface area contributed by atoms with Crippen molar-refractivity contribution in [1.29, 1.82) is 0 Å². The Morgan fingerprint density at radius 3 is 2.87 bits per heavy atom. The van der Waals surface area contributed by atoms with E-state index in [1.165, 1.54) is 16.2 Å². The maximum Gasteiger partial charge on any atom is 0.348 e. The summed E-state index contributed by atoms with van der Waals surface area (Å²) in [5, 5.41) is 10.4. The van der Waals surface area contributed by atoms with Gasteiger partial charge in [-0.2, -0.15) is 0 Å². The molecule has 160 valence electrons. The van der Waals surface area contributed by atoms with Crippen molar-refractivity contribution in [3.8, 4) is 0 Å². The van der Waals surface area contributed by atoms with Crippen LogP contribution in [-0.2, 0) is 11.2 Å². The largest absolute Gasteiger partial charge is 0.462 e. The highest BCUT2D eigenvalue weighted by Gasteiger charge is 2.39. The molecule has 1 aliphatic carbocycles. The van der Waals surface area contributed by atoms with E-state index < -0.39 is 6.10 Å². The van der Waals surface area contributed by atoms with Gasteiger partial charge in [-0.3, -0.25) is 0 Å². The highest BCUT2D eigenvalue weighted by molar-refractivity contribution is 7.13. The van der Waals surface area contributed by atoms with Gasteiger partial charge in [-0.25, -0.2) is 4.79 Å². The Balaban J connectivity index is 1.55. The van der Waals surface area contributed by atoms with Gasteiger partial charge in [0, 0.05) is 16.2 Å². The van der Waals surface area contributed by atoms with Gasteiger partial charge in [0.25, 0.3) is 0 Å². The van der Waals surface area contributed by atoms with Gasteiger partial charge in [-0.1, -0.05) is 37.3 Å². The molecule has 1 N–H and O–H groups in total. The van der Waals surface area contributed by atoms with Crippen molar-refractivity contribution in [3.63, 3.8) is 0 Å². The molecule has 0 saturated heterocycles. The van der Waals surface area contributed by atoms with E-state index in [1.807, 2.05) is 61.5 Å². The van der Waals surface area contributed by atoms with Crippen LogP contribution >= 0.6 is 22.9 Å². The number of benzene rings is 1. The maximum absolute atomic E-state index is 12.0. The van der Waals surface area contributed by atoms with Crippen LogP contribution in [0.4, 0.5) is 0 Å². The molecule has 3 nitrogen and oxygen atoms in total. The van der Waals surface area contributed by atoms with E-state index in [-0.39, 0.29) is 23.2 Å². The van der Waals surface area contributed by atoms with E-state index in [9.17, 15) is 9.90 Å². The molecule has 0 amide bonds. The monoisotopic (exact) mass is 444 g/mol. The first kappa shape index (κ1) is 22.8. The first-order valence-corrected chi connectivity index (χ1v) is 11.9. The van der Waals surface area contributed by atoms with Crippen LogP contribution in [0.3, 0.4) is 0 Å². The van der Waals surface area contributed by atoms with Crippen molar-refractivity contribution >= 4 is 35.0 Å². The van der Waals surface area contributed by atoms with Crippen molar-refractivity contribution in [2.45, 2.75) is 50.5 Å². The van der Waals surface area contributed by atoms with Crippen LogP contribution < -0.4 is 0 Å². The second kappa shape index (κ2) is 11.5. The Morgan fingerprint density at radius 2 is 2.10 bits per heavy atom. The number of rotatable bonds is 9. The summed E-state index contributed by atoms with van der Waals surface area (Å²) in [4.78, 5) is 13.8. The molecule has 2 aromatic rings. The smallest absolute Gasteiger partial charge is 0.348 e. The zero-order valence-electron chi connectivity index (χ0n) is 17.3. The number of aliphatic hydroxyl groups is 1. The summed E-state index contributed by atoms with van der Waals surface area (Å²) in [6.07, 6.45) is 7.76. The third-order valence-corrected chi connectivity index (χ3v) is 7.10. The molecule has 1 heterocycles. The molecule has 0 radical (unpaired) electrons. The van der Waals surface area contributed by atoms with Gasteiger partial charge in [0.05, 0.1) is 12.7 Å². The molecule has 5 heteroatoms. The number of hydrogen-bond donors (Lipinski definition) is 1. The molecule has 0 aliphatic heterocycles. The van der Waals surface area contributed by atoms with Gasteiger partial charge >= 0.3 is 5.97 Å². The normalized spacial score (nSPS) is 23.0. The Bertz CT molecular complexity index is 870. The number of aliphatic hydroxyl groups excluding tert-OH is 1. The lowest BCUT2D eigenvalue weighted by molar-refractivity contribution is 0.0511. The van der Waals surface area contributed by atoms with Gasteiger partial charge in [-0.15, -0.1) is 28.7 Å². The predicted octanol–water partition coefficient (Wildman–Crippen LogP) is 6.11. The van der Waals surface area contributed by atoms with E-state index in [0.717, 1.165) is 31.2 Å². The van der Waals surface area contributed by atoms with Crippen LogP contribution in [-0.4, -0.2) is 29.2 Å². The fourth-order valence-electron chi connectivity index (χ4n) is 3.90. The summed E-state index contributed by atoms with van der Waals surface area (Å²) in [5.41, 5.74) is 4.34. The SMILES string of the molecule is CCCOC(=O)c1ccc(CCC[C@@H]2[C@@H](C=C=Cc3ccccc3)[C@H](O)C[C@H]2Cl)s1. The fourth-order valence-corrected chi connectivity index (χ4v) is 5.32. The average Bonchev–Trinajstić information content (AvgIpc) is 3.32. The van der Waals surface area contributed by atoms with Crippen LogP contribution in [0, 0.1) is 11.8 Å². The van der Waals surface area contributed by atoms with Crippen LogP contribution in [0.1, 0.15) is 52.7 Å². The number of hydrogen-bond acceptors (Lipinski definition) is 4. The van der Waals surface area contributed by atoms with E-state index >= 15 is 0 Å². The number of thiophene rings is 1. The van der Waals surface area contributed by atoms with Gasteiger partial charge in [0.15, 0.2) is 0 Å². The minimum atomic E-state index is -0.421. The molecule has 0 spiro atoms. The molecule has 3 rings (SSSR count). The number of aryl methyl sites for hydroxylation is 1. The lowest BCUT2D eigenvalue weighted by atomic mass is 9.89. The fraction of sp³-hybridized carbons (Fsp3) is 0.440. The quantitative estimate of drug-likeness (QED) is 0.288. The molecule has 30 heavy (non-hydrogen) atoms. The first-order valence-electron chi connectivity index (χ1n) is 10.6. The minimum absolute atomic E-state index is 0.0235. The van der Waals surface area contributed by atoms with Crippen LogP contribution in [0.15, 0.2) is 54.3 Å². The Morgan fingerprint density at radius 1 is 1.30 bits per heavy atom. The van der Waals surface area contributed by atoms with Gasteiger partial charge in [-0.05, 0) is 67.9 Å². The maximum atomic E-state index is 12.0. The van der Waals surface area contributed by atoms with Crippen molar-refractivity contribution < 1.29 is 14.6 Å². The number of halogens is 1. The summed E-state index contributed by atoms with van der Waals surface area (Å²) >= 11 is 8.07. The predicted molar refractivity (Wildman–Crippen MR) is 124 cm³/mol. The zero-order valence-corrected chi connectivity index (χ0v) is 18.9. The molecule has 1 aliphatic rings. The van der Waals surface area contributed by atoms with E-state index in [2.05, 4.69) is 5.73 Å². The third-order valence-electron chi connectivity index (χ3n) is 5.47. The second-order valence-electron chi connectivity index (χ2n) is 7.74. The third kappa shape index (κ3) is 6.33. The first-order chi connectivity index (χ1) is 14.6. The summed E-state index contributed by atoms with van der Waals surface area (Å²) in [7, 11) is 0. The molecular weight excluding hydrogens is 416 g/mol. The highest BCUT2D eigenvalue weighted by atomic mass is 35.5. The molecule has 0 unspecified atom stereocenters. The van der Waals surface area contributed by atoms with Crippen LogP contribution in [0.2, 0.25) is 0 Å². The molecule has 0 bridgehead atoms. The van der Waals surface area contributed by atoms with Crippen LogP contribution in [0.5, 0.6) is 0 Å². The van der Waals surface area contributed by atoms with Crippen molar-refractivity contribution in [1.82, 2.24) is 0 Å². The summed E-state index contributed by atoms with van der Waals surface area (Å²) < 4.78 is 5.20.